The summed E-state index contributed by atoms with van der Waals surface area (Å²) in [4.78, 5) is 7.89. The first-order chi connectivity index (χ1) is 10.1. The molecule has 1 aromatic heterocycles. The fourth-order valence-electron chi connectivity index (χ4n) is 2.39. The van der Waals surface area contributed by atoms with Gasteiger partial charge in [0.25, 0.3) is 0 Å². The van der Waals surface area contributed by atoms with Crippen LogP contribution in [0, 0.1) is 6.92 Å². The fraction of sp³-hybridized carbons (Fsp3) is 0.438. The Labute approximate surface area is 135 Å². The number of halogens is 1. The minimum Gasteiger partial charge on any atom is -0.369 e. The minimum absolute atomic E-state index is 0.683. The molecule has 0 aliphatic heterocycles. The monoisotopic (exact) mass is 321 g/mol. The highest BCUT2D eigenvalue weighted by atomic mass is 35.5. The van der Waals surface area contributed by atoms with E-state index in [0.29, 0.717) is 6.04 Å². The van der Waals surface area contributed by atoms with Crippen molar-refractivity contribution in [3.8, 4) is 0 Å². The van der Waals surface area contributed by atoms with Crippen LogP contribution in [0.4, 0.5) is 5.69 Å². The van der Waals surface area contributed by atoms with Crippen LogP contribution in [0.2, 0.25) is 5.02 Å². The molecule has 1 aliphatic carbocycles. The lowest BCUT2D eigenvalue weighted by Crippen LogP contribution is -2.22. The number of aryl methyl sites for hydroxylation is 1. The summed E-state index contributed by atoms with van der Waals surface area (Å²) >= 11 is 8.12. The van der Waals surface area contributed by atoms with Gasteiger partial charge < -0.3 is 10.2 Å². The van der Waals surface area contributed by atoms with Crippen LogP contribution in [0.15, 0.2) is 23.7 Å². The van der Waals surface area contributed by atoms with Crippen LogP contribution in [0.3, 0.4) is 0 Å². The lowest BCUT2D eigenvalue weighted by Gasteiger charge is -2.23. The second-order valence-electron chi connectivity index (χ2n) is 5.61. The van der Waals surface area contributed by atoms with Crippen molar-refractivity contribution in [2.75, 3.05) is 11.9 Å². The molecule has 0 spiro atoms. The van der Waals surface area contributed by atoms with Gasteiger partial charge in [0.05, 0.1) is 17.7 Å². The van der Waals surface area contributed by atoms with Gasteiger partial charge in [0.2, 0.25) is 0 Å². The fourth-order valence-corrected chi connectivity index (χ4v) is 3.46. The normalized spacial score (nSPS) is 14.4. The number of hydrogen-bond acceptors (Lipinski definition) is 4. The summed E-state index contributed by atoms with van der Waals surface area (Å²) < 4.78 is 0. The van der Waals surface area contributed by atoms with Gasteiger partial charge in [0, 0.05) is 40.8 Å². The van der Waals surface area contributed by atoms with Crippen molar-refractivity contribution in [3.63, 3.8) is 0 Å². The van der Waals surface area contributed by atoms with E-state index in [2.05, 4.69) is 35.2 Å². The number of aromatic nitrogens is 1. The summed E-state index contributed by atoms with van der Waals surface area (Å²) in [7, 11) is 2.12. The summed E-state index contributed by atoms with van der Waals surface area (Å²) in [6.07, 6.45) is 2.57. The average molecular weight is 322 g/mol. The lowest BCUT2D eigenvalue weighted by molar-refractivity contribution is 0.685. The Kier molecular flexibility index (Phi) is 4.48. The van der Waals surface area contributed by atoms with E-state index >= 15 is 0 Å². The van der Waals surface area contributed by atoms with Crippen molar-refractivity contribution < 1.29 is 0 Å². The first-order valence-corrected chi connectivity index (χ1v) is 8.52. The molecule has 1 saturated carbocycles. The van der Waals surface area contributed by atoms with Crippen molar-refractivity contribution in [2.24, 2.45) is 0 Å². The Hall–Kier alpha value is -1.10. The van der Waals surface area contributed by atoms with E-state index < -0.39 is 0 Å². The summed E-state index contributed by atoms with van der Waals surface area (Å²) in [5.41, 5.74) is 5.41. The standard InChI is InChI=1S/C16H20ClN3S/c1-11-16(21-10-19-11)9-20(2)15-5-3-4-14(17)13(15)8-18-12-6-7-12/h3-5,10,12,18H,6-9H2,1-2H3. The van der Waals surface area contributed by atoms with Gasteiger partial charge in [-0.3, -0.25) is 0 Å². The van der Waals surface area contributed by atoms with Crippen molar-refractivity contribution in [1.29, 1.82) is 0 Å². The molecule has 2 aromatic rings. The molecule has 21 heavy (non-hydrogen) atoms. The summed E-state index contributed by atoms with van der Waals surface area (Å²) in [5, 5.41) is 4.40. The van der Waals surface area contributed by atoms with Crippen LogP contribution in [-0.4, -0.2) is 18.1 Å². The molecule has 3 nitrogen and oxygen atoms in total. The Morgan fingerprint density at radius 3 is 2.90 bits per heavy atom. The van der Waals surface area contributed by atoms with Crippen molar-refractivity contribution in [2.45, 2.75) is 38.9 Å². The van der Waals surface area contributed by atoms with Crippen LogP contribution in [0.5, 0.6) is 0 Å². The van der Waals surface area contributed by atoms with Crippen LogP contribution < -0.4 is 10.2 Å². The molecule has 1 aliphatic rings. The zero-order valence-electron chi connectivity index (χ0n) is 12.4. The minimum atomic E-state index is 0.683. The molecule has 5 heteroatoms. The van der Waals surface area contributed by atoms with E-state index in [9.17, 15) is 0 Å². The molecule has 1 N–H and O–H groups in total. The predicted octanol–water partition coefficient (Wildman–Crippen LogP) is 3.99. The molecular weight excluding hydrogens is 302 g/mol. The summed E-state index contributed by atoms with van der Waals surface area (Å²) in [6, 6.07) is 6.82. The number of anilines is 1. The van der Waals surface area contributed by atoms with E-state index in [0.717, 1.165) is 23.8 Å². The highest BCUT2D eigenvalue weighted by molar-refractivity contribution is 7.09. The number of thiazole rings is 1. The molecule has 1 fully saturated rings. The van der Waals surface area contributed by atoms with Gasteiger partial charge in [-0.05, 0) is 31.9 Å². The zero-order chi connectivity index (χ0) is 14.8. The van der Waals surface area contributed by atoms with E-state index in [4.69, 9.17) is 11.6 Å². The first kappa shape index (κ1) is 14.8. The van der Waals surface area contributed by atoms with Crippen molar-refractivity contribution in [1.82, 2.24) is 10.3 Å². The summed E-state index contributed by atoms with van der Waals surface area (Å²) in [5.74, 6) is 0. The predicted molar refractivity (Wildman–Crippen MR) is 90.3 cm³/mol. The SMILES string of the molecule is Cc1ncsc1CN(C)c1cccc(Cl)c1CNC1CC1. The topological polar surface area (TPSA) is 28.2 Å². The number of rotatable bonds is 6. The van der Waals surface area contributed by atoms with Gasteiger partial charge in [-0.15, -0.1) is 11.3 Å². The van der Waals surface area contributed by atoms with E-state index in [1.807, 2.05) is 17.6 Å². The maximum atomic E-state index is 6.41. The molecule has 3 rings (SSSR count). The van der Waals surface area contributed by atoms with Crippen molar-refractivity contribution in [3.05, 3.63) is 44.9 Å². The number of nitrogens with zero attached hydrogens (tertiary/aromatic N) is 2. The molecule has 0 amide bonds. The second kappa shape index (κ2) is 6.34. The third-order valence-electron chi connectivity index (χ3n) is 3.88. The van der Waals surface area contributed by atoms with Gasteiger partial charge >= 0.3 is 0 Å². The van der Waals surface area contributed by atoms with E-state index in [-0.39, 0.29) is 0 Å². The molecule has 1 aromatic carbocycles. The van der Waals surface area contributed by atoms with Crippen LogP contribution in [0.25, 0.3) is 0 Å². The second-order valence-corrected chi connectivity index (χ2v) is 6.96. The molecule has 1 heterocycles. The Morgan fingerprint density at radius 2 is 2.24 bits per heavy atom. The highest BCUT2D eigenvalue weighted by Gasteiger charge is 2.21. The number of nitrogens with one attached hydrogen (secondary N) is 1. The largest absolute Gasteiger partial charge is 0.369 e. The van der Waals surface area contributed by atoms with Gasteiger partial charge in [0.15, 0.2) is 0 Å². The highest BCUT2D eigenvalue weighted by Crippen LogP contribution is 2.30. The number of hydrogen-bond donors (Lipinski definition) is 1. The summed E-state index contributed by atoms with van der Waals surface area (Å²) in [6.45, 7) is 3.77. The number of benzene rings is 1. The van der Waals surface area contributed by atoms with Gasteiger partial charge in [-0.1, -0.05) is 17.7 Å². The molecule has 0 bridgehead atoms. The molecule has 112 valence electrons. The quantitative estimate of drug-likeness (QED) is 0.872. The van der Waals surface area contributed by atoms with Gasteiger partial charge in [-0.25, -0.2) is 4.98 Å². The lowest BCUT2D eigenvalue weighted by atomic mass is 10.1. The molecule has 0 atom stereocenters. The Bertz CT molecular complexity index is 622. The third kappa shape index (κ3) is 3.57. The third-order valence-corrected chi connectivity index (χ3v) is 5.15. The zero-order valence-corrected chi connectivity index (χ0v) is 14.0. The Morgan fingerprint density at radius 1 is 1.43 bits per heavy atom. The van der Waals surface area contributed by atoms with Gasteiger partial charge in [0.1, 0.15) is 0 Å². The average Bonchev–Trinajstić information content (AvgIpc) is 3.21. The molecule has 0 unspecified atom stereocenters. The Balaban J connectivity index is 1.79. The molecule has 0 saturated heterocycles. The van der Waals surface area contributed by atoms with Crippen molar-refractivity contribution >= 4 is 28.6 Å². The molecular formula is C16H20ClN3S. The first-order valence-electron chi connectivity index (χ1n) is 7.26. The van der Waals surface area contributed by atoms with Crippen LogP contribution in [-0.2, 0) is 13.1 Å². The van der Waals surface area contributed by atoms with Gasteiger partial charge in [-0.2, -0.15) is 0 Å². The van der Waals surface area contributed by atoms with E-state index in [1.54, 1.807) is 11.3 Å². The maximum Gasteiger partial charge on any atom is 0.0798 e. The van der Waals surface area contributed by atoms with Crippen LogP contribution in [0.1, 0.15) is 29.0 Å². The smallest absolute Gasteiger partial charge is 0.0798 e. The maximum absolute atomic E-state index is 6.41. The van der Waals surface area contributed by atoms with Crippen LogP contribution >= 0.6 is 22.9 Å². The van der Waals surface area contributed by atoms with E-state index in [1.165, 1.54) is 29.0 Å². The molecule has 0 radical (unpaired) electrons.